The van der Waals surface area contributed by atoms with Gasteiger partial charge in [-0.15, -0.1) is 0 Å². The van der Waals surface area contributed by atoms with Crippen LogP contribution in [-0.4, -0.2) is 22.4 Å². The van der Waals surface area contributed by atoms with Crippen LogP contribution in [0.25, 0.3) is 0 Å². The van der Waals surface area contributed by atoms with E-state index in [1.807, 2.05) is 0 Å². The van der Waals surface area contributed by atoms with E-state index in [0.29, 0.717) is 17.7 Å². The lowest BCUT2D eigenvalue weighted by Crippen LogP contribution is -2.36. The summed E-state index contributed by atoms with van der Waals surface area (Å²) < 4.78 is 2.85. The van der Waals surface area contributed by atoms with E-state index in [1.165, 1.54) is 27.6 Å². The quantitative estimate of drug-likeness (QED) is 0.268. The molecule has 0 radical (unpaired) electrons. The maximum absolute atomic E-state index is 2.85. The Kier molecular flexibility index (Phi) is 5.96. The molecule has 6 rings (SSSR count). The highest BCUT2D eigenvalue weighted by molar-refractivity contribution is 7.74. The molecule has 0 amide bonds. The number of nitrogens with zero attached hydrogens (tertiary/aromatic N) is 1. The maximum Gasteiger partial charge on any atom is 0.0402 e. The van der Waals surface area contributed by atoms with Crippen LogP contribution in [0.15, 0.2) is 133 Å². The molecule has 0 saturated carbocycles. The van der Waals surface area contributed by atoms with Crippen molar-refractivity contribution in [2.75, 3.05) is 0 Å². The molecule has 2 heterocycles. The van der Waals surface area contributed by atoms with E-state index in [-0.39, 0.29) is 0 Å². The molecular formula is C30H27NP2. The molecule has 4 aromatic carbocycles. The Hall–Kier alpha value is -2.56. The molecule has 0 unspecified atom stereocenters. The van der Waals surface area contributed by atoms with Gasteiger partial charge in [-0.1, -0.05) is 133 Å². The summed E-state index contributed by atoms with van der Waals surface area (Å²) >= 11 is 0. The second kappa shape index (κ2) is 9.36. The molecule has 4 aromatic rings. The van der Waals surface area contributed by atoms with Crippen LogP contribution in [0.4, 0.5) is 0 Å². The van der Waals surface area contributed by atoms with Crippen molar-refractivity contribution in [1.82, 2.24) is 4.67 Å². The third-order valence-electron chi connectivity index (χ3n) is 6.69. The molecule has 0 N–H and O–H groups in total. The second-order valence-electron chi connectivity index (χ2n) is 8.65. The van der Waals surface area contributed by atoms with Crippen LogP contribution in [0.5, 0.6) is 0 Å². The number of hydrogen-bond acceptors (Lipinski definition) is 1. The lowest BCUT2D eigenvalue weighted by Gasteiger charge is -2.35. The molecule has 0 aromatic heterocycles. The standard InChI is InChI=1S/C30H27NP2/c1-5-13-25(14-6-1)32(26-15-7-2-8-16-26)30-23-24-21-22-29(30)31(24)33(27-17-9-3-10-18-27)28-19-11-4-12-20-28/h1-22,24,29-30H,23H2/t24-,29+,30-/m0/s1. The van der Waals surface area contributed by atoms with Crippen LogP contribution in [-0.2, 0) is 0 Å². The highest BCUT2D eigenvalue weighted by Crippen LogP contribution is 2.57. The largest absolute Gasteiger partial charge is 0.261 e. The summed E-state index contributed by atoms with van der Waals surface area (Å²) in [4.78, 5) is 0. The summed E-state index contributed by atoms with van der Waals surface area (Å²) in [5, 5.41) is 5.88. The molecule has 0 spiro atoms. The predicted molar refractivity (Wildman–Crippen MR) is 145 cm³/mol. The first-order valence-corrected chi connectivity index (χ1v) is 14.4. The van der Waals surface area contributed by atoms with Crippen LogP contribution in [0, 0.1) is 0 Å². The number of fused-ring (bicyclic) bond motifs is 2. The number of rotatable bonds is 6. The number of hydrogen-bond donors (Lipinski definition) is 0. The first-order chi connectivity index (χ1) is 16.4. The molecule has 2 bridgehead atoms. The Morgan fingerprint density at radius 2 is 0.939 bits per heavy atom. The highest BCUT2D eigenvalue weighted by atomic mass is 31.1. The molecular weight excluding hydrogens is 436 g/mol. The van der Waals surface area contributed by atoms with E-state index in [1.54, 1.807) is 0 Å². The van der Waals surface area contributed by atoms with Gasteiger partial charge in [-0.25, -0.2) is 0 Å². The van der Waals surface area contributed by atoms with Crippen molar-refractivity contribution < 1.29 is 0 Å². The van der Waals surface area contributed by atoms with Crippen LogP contribution in [0.2, 0.25) is 0 Å². The zero-order valence-corrected chi connectivity index (χ0v) is 20.3. The molecule has 162 valence electrons. The highest BCUT2D eigenvalue weighted by Gasteiger charge is 2.49. The van der Waals surface area contributed by atoms with Crippen LogP contribution < -0.4 is 21.2 Å². The summed E-state index contributed by atoms with van der Waals surface area (Å²) in [6, 6.07) is 45.7. The van der Waals surface area contributed by atoms with E-state index in [4.69, 9.17) is 0 Å². The Balaban J connectivity index is 1.42. The fraction of sp³-hybridized carbons (Fsp3) is 0.133. The molecule has 1 saturated heterocycles. The monoisotopic (exact) mass is 463 g/mol. The average Bonchev–Trinajstić information content (AvgIpc) is 3.45. The predicted octanol–water partition coefficient (Wildman–Crippen LogP) is 5.55. The zero-order chi connectivity index (χ0) is 22.0. The van der Waals surface area contributed by atoms with Gasteiger partial charge in [0.05, 0.1) is 0 Å². The van der Waals surface area contributed by atoms with Crippen molar-refractivity contribution in [2.45, 2.75) is 24.2 Å². The Labute approximate surface area is 199 Å². The van der Waals surface area contributed by atoms with Gasteiger partial charge >= 0.3 is 0 Å². The molecule has 2 aliphatic rings. The van der Waals surface area contributed by atoms with Crippen LogP contribution in [0.3, 0.4) is 0 Å². The van der Waals surface area contributed by atoms with Gasteiger partial charge < -0.3 is 0 Å². The third kappa shape index (κ3) is 4.00. The first-order valence-electron chi connectivity index (χ1n) is 11.7. The number of benzene rings is 4. The Morgan fingerprint density at radius 1 is 0.515 bits per heavy atom. The molecule has 3 heteroatoms. The molecule has 2 aliphatic heterocycles. The van der Waals surface area contributed by atoms with Gasteiger partial charge in [0.1, 0.15) is 0 Å². The van der Waals surface area contributed by atoms with Gasteiger partial charge in [-0.05, 0) is 35.6 Å². The van der Waals surface area contributed by atoms with Crippen molar-refractivity contribution in [2.24, 2.45) is 0 Å². The molecule has 0 aliphatic carbocycles. The third-order valence-corrected chi connectivity index (χ3v) is 12.2. The van der Waals surface area contributed by atoms with Crippen molar-refractivity contribution in [1.29, 1.82) is 0 Å². The minimum absolute atomic E-state index is 0.438. The van der Waals surface area contributed by atoms with Gasteiger partial charge in [-0.2, -0.15) is 0 Å². The van der Waals surface area contributed by atoms with Crippen molar-refractivity contribution in [3.05, 3.63) is 133 Å². The van der Waals surface area contributed by atoms with Gasteiger partial charge in [0.25, 0.3) is 0 Å². The minimum atomic E-state index is -0.576. The fourth-order valence-electron chi connectivity index (χ4n) is 5.32. The lowest BCUT2D eigenvalue weighted by atomic mass is 10.1. The van der Waals surface area contributed by atoms with E-state index in [0.717, 1.165) is 0 Å². The van der Waals surface area contributed by atoms with E-state index < -0.39 is 16.0 Å². The minimum Gasteiger partial charge on any atom is -0.261 e. The molecule has 1 nitrogen and oxygen atoms in total. The van der Waals surface area contributed by atoms with Crippen LogP contribution >= 0.6 is 16.0 Å². The summed E-state index contributed by atoms with van der Waals surface area (Å²) in [6.07, 6.45) is 6.22. The van der Waals surface area contributed by atoms with Gasteiger partial charge in [0.2, 0.25) is 0 Å². The van der Waals surface area contributed by atoms with Gasteiger partial charge in [-0.3, -0.25) is 4.67 Å². The molecule has 3 atom stereocenters. The summed E-state index contributed by atoms with van der Waals surface area (Å²) in [5.74, 6) is 0. The Bertz CT molecular complexity index is 1130. The molecule has 33 heavy (non-hydrogen) atoms. The average molecular weight is 464 g/mol. The summed E-state index contributed by atoms with van der Waals surface area (Å²) in [5.41, 5.74) is 0.622. The van der Waals surface area contributed by atoms with Crippen LogP contribution in [0.1, 0.15) is 6.42 Å². The normalized spacial score (nSPS) is 21.8. The summed E-state index contributed by atoms with van der Waals surface area (Å²) in [7, 11) is -1.01. The van der Waals surface area contributed by atoms with Gasteiger partial charge in [0, 0.05) is 25.8 Å². The second-order valence-corrected chi connectivity index (χ2v) is 13.2. The van der Waals surface area contributed by atoms with Crippen molar-refractivity contribution in [3.8, 4) is 0 Å². The smallest absolute Gasteiger partial charge is 0.0402 e. The van der Waals surface area contributed by atoms with Gasteiger partial charge in [0.15, 0.2) is 0 Å². The lowest BCUT2D eigenvalue weighted by molar-refractivity contribution is 0.469. The maximum atomic E-state index is 2.85. The van der Waals surface area contributed by atoms with E-state index in [2.05, 4.69) is 138 Å². The van der Waals surface area contributed by atoms with Crippen molar-refractivity contribution in [3.63, 3.8) is 0 Å². The fourth-order valence-corrected chi connectivity index (χ4v) is 11.2. The summed E-state index contributed by atoms with van der Waals surface area (Å²) in [6.45, 7) is 0. The zero-order valence-electron chi connectivity index (χ0n) is 18.5. The van der Waals surface area contributed by atoms with Crippen molar-refractivity contribution >= 4 is 37.2 Å². The SMILES string of the molecule is C1=C[C@H]2C[C@H](P(c3ccccc3)c3ccccc3)[C@@H]1N2P(c1ccccc1)c1ccccc1. The topological polar surface area (TPSA) is 3.24 Å². The van der Waals surface area contributed by atoms with E-state index in [9.17, 15) is 0 Å². The first kappa shape index (κ1) is 21.0. The van der Waals surface area contributed by atoms with E-state index >= 15 is 0 Å². The molecule has 1 fully saturated rings. The Morgan fingerprint density at radius 3 is 1.39 bits per heavy atom.